The predicted molar refractivity (Wildman–Crippen MR) is 77.9 cm³/mol. The standard InChI is InChI=1S/C14H22ClN3/c1-2-6-17-7-9-18(10-8-17)11-12-13(15)4-3-5-14(12)16/h3-5H,2,6-11,16H2,1H3. The molecule has 1 heterocycles. The summed E-state index contributed by atoms with van der Waals surface area (Å²) < 4.78 is 0. The molecule has 0 aromatic heterocycles. The third-order valence-corrected chi connectivity index (χ3v) is 3.90. The fraction of sp³-hybridized carbons (Fsp3) is 0.571. The number of nitrogen functional groups attached to an aromatic ring is 1. The number of benzene rings is 1. The maximum absolute atomic E-state index is 6.21. The Morgan fingerprint density at radius 3 is 2.44 bits per heavy atom. The van der Waals surface area contributed by atoms with Gasteiger partial charge in [-0.25, -0.2) is 0 Å². The van der Waals surface area contributed by atoms with E-state index >= 15 is 0 Å². The lowest BCUT2D eigenvalue weighted by Gasteiger charge is -2.34. The van der Waals surface area contributed by atoms with Gasteiger partial charge in [-0.15, -0.1) is 0 Å². The Balaban J connectivity index is 1.92. The van der Waals surface area contributed by atoms with Crippen molar-refractivity contribution in [3.8, 4) is 0 Å². The van der Waals surface area contributed by atoms with Crippen LogP contribution in [-0.2, 0) is 6.54 Å². The number of nitrogens with two attached hydrogens (primary N) is 1. The van der Waals surface area contributed by atoms with E-state index in [4.69, 9.17) is 17.3 Å². The molecule has 2 N–H and O–H groups in total. The van der Waals surface area contributed by atoms with Crippen LogP contribution >= 0.6 is 11.6 Å². The monoisotopic (exact) mass is 267 g/mol. The van der Waals surface area contributed by atoms with Gasteiger partial charge in [0.15, 0.2) is 0 Å². The van der Waals surface area contributed by atoms with Crippen LogP contribution in [0.4, 0.5) is 5.69 Å². The number of anilines is 1. The van der Waals surface area contributed by atoms with Crippen LogP contribution in [0.1, 0.15) is 18.9 Å². The molecule has 1 saturated heterocycles. The number of hydrogen-bond acceptors (Lipinski definition) is 3. The molecule has 100 valence electrons. The van der Waals surface area contributed by atoms with Crippen molar-refractivity contribution < 1.29 is 0 Å². The van der Waals surface area contributed by atoms with E-state index in [-0.39, 0.29) is 0 Å². The number of halogens is 1. The topological polar surface area (TPSA) is 32.5 Å². The molecule has 1 aliphatic heterocycles. The maximum Gasteiger partial charge on any atom is 0.0471 e. The molecule has 0 atom stereocenters. The molecule has 0 unspecified atom stereocenters. The van der Waals surface area contributed by atoms with Gasteiger partial charge < -0.3 is 10.6 Å². The smallest absolute Gasteiger partial charge is 0.0471 e. The normalized spacial score (nSPS) is 18.1. The minimum Gasteiger partial charge on any atom is -0.398 e. The van der Waals surface area contributed by atoms with Crippen LogP contribution in [0.2, 0.25) is 5.02 Å². The Morgan fingerprint density at radius 1 is 1.17 bits per heavy atom. The first-order valence-corrected chi connectivity index (χ1v) is 7.06. The molecule has 0 saturated carbocycles. The second-order valence-corrected chi connectivity index (χ2v) is 5.33. The summed E-state index contributed by atoms with van der Waals surface area (Å²) in [6, 6.07) is 5.75. The van der Waals surface area contributed by atoms with E-state index in [2.05, 4.69) is 16.7 Å². The van der Waals surface area contributed by atoms with Crippen molar-refractivity contribution in [3.05, 3.63) is 28.8 Å². The first kappa shape index (κ1) is 13.7. The third kappa shape index (κ3) is 3.37. The molecule has 0 radical (unpaired) electrons. The molecule has 1 aromatic rings. The van der Waals surface area contributed by atoms with Crippen molar-refractivity contribution in [1.29, 1.82) is 0 Å². The van der Waals surface area contributed by atoms with Crippen molar-refractivity contribution >= 4 is 17.3 Å². The summed E-state index contributed by atoms with van der Waals surface area (Å²) in [5, 5.41) is 0.783. The summed E-state index contributed by atoms with van der Waals surface area (Å²) in [6.07, 6.45) is 1.23. The fourth-order valence-electron chi connectivity index (χ4n) is 2.45. The lowest BCUT2D eigenvalue weighted by molar-refractivity contribution is 0.127. The van der Waals surface area contributed by atoms with Crippen LogP contribution in [0.15, 0.2) is 18.2 Å². The van der Waals surface area contributed by atoms with Gasteiger partial charge >= 0.3 is 0 Å². The molecule has 1 aliphatic rings. The van der Waals surface area contributed by atoms with Gasteiger partial charge in [0.2, 0.25) is 0 Å². The number of rotatable bonds is 4. The Kier molecular flexibility index (Phi) is 4.87. The van der Waals surface area contributed by atoms with Gasteiger partial charge in [0, 0.05) is 49.0 Å². The molecule has 1 fully saturated rings. The van der Waals surface area contributed by atoms with Gasteiger partial charge in [0.25, 0.3) is 0 Å². The third-order valence-electron chi connectivity index (χ3n) is 3.54. The minimum absolute atomic E-state index is 0.783. The second kappa shape index (κ2) is 6.41. The van der Waals surface area contributed by atoms with Crippen molar-refractivity contribution in [2.75, 3.05) is 38.5 Å². The van der Waals surface area contributed by atoms with Crippen molar-refractivity contribution in [3.63, 3.8) is 0 Å². The number of nitrogens with zero attached hydrogens (tertiary/aromatic N) is 2. The van der Waals surface area contributed by atoms with E-state index in [0.717, 1.165) is 49.0 Å². The highest BCUT2D eigenvalue weighted by molar-refractivity contribution is 6.31. The fourth-order valence-corrected chi connectivity index (χ4v) is 2.69. The molecule has 18 heavy (non-hydrogen) atoms. The molecule has 0 aliphatic carbocycles. The first-order valence-electron chi connectivity index (χ1n) is 6.68. The van der Waals surface area contributed by atoms with Crippen molar-refractivity contribution in [1.82, 2.24) is 9.80 Å². The van der Waals surface area contributed by atoms with Gasteiger partial charge in [-0.2, -0.15) is 0 Å². The van der Waals surface area contributed by atoms with Gasteiger partial charge in [-0.1, -0.05) is 24.6 Å². The summed E-state index contributed by atoms with van der Waals surface area (Å²) >= 11 is 6.21. The van der Waals surface area contributed by atoms with Crippen LogP contribution in [-0.4, -0.2) is 42.5 Å². The minimum atomic E-state index is 0.783. The van der Waals surface area contributed by atoms with Crippen LogP contribution in [0, 0.1) is 0 Å². The van der Waals surface area contributed by atoms with Crippen LogP contribution in [0.3, 0.4) is 0 Å². The zero-order chi connectivity index (χ0) is 13.0. The molecule has 4 heteroatoms. The Bertz CT molecular complexity index is 366. The first-order chi connectivity index (χ1) is 8.70. The van der Waals surface area contributed by atoms with E-state index in [1.165, 1.54) is 13.0 Å². The lowest BCUT2D eigenvalue weighted by Crippen LogP contribution is -2.46. The second-order valence-electron chi connectivity index (χ2n) is 4.93. The van der Waals surface area contributed by atoms with Crippen molar-refractivity contribution in [2.45, 2.75) is 19.9 Å². The highest BCUT2D eigenvalue weighted by atomic mass is 35.5. The quantitative estimate of drug-likeness (QED) is 0.851. The largest absolute Gasteiger partial charge is 0.398 e. The summed E-state index contributed by atoms with van der Waals surface area (Å²) in [4.78, 5) is 4.95. The summed E-state index contributed by atoms with van der Waals surface area (Å²) in [7, 11) is 0. The molecule has 1 aromatic carbocycles. The number of piperazine rings is 1. The lowest BCUT2D eigenvalue weighted by atomic mass is 10.1. The van der Waals surface area contributed by atoms with Crippen LogP contribution < -0.4 is 5.73 Å². The van der Waals surface area contributed by atoms with Crippen LogP contribution in [0.25, 0.3) is 0 Å². The average Bonchev–Trinajstić information content (AvgIpc) is 2.36. The predicted octanol–water partition coefficient (Wildman–Crippen LogP) is 2.45. The van der Waals surface area contributed by atoms with Crippen molar-refractivity contribution in [2.24, 2.45) is 0 Å². The van der Waals surface area contributed by atoms with Gasteiger partial charge in [0.1, 0.15) is 0 Å². The summed E-state index contributed by atoms with van der Waals surface area (Å²) in [5.74, 6) is 0. The van der Waals surface area contributed by atoms with E-state index < -0.39 is 0 Å². The molecule has 0 amide bonds. The van der Waals surface area contributed by atoms with Gasteiger partial charge in [-0.05, 0) is 25.1 Å². The molecule has 2 rings (SSSR count). The summed E-state index contributed by atoms with van der Waals surface area (Å²) in [5.41, 5.74) is 7.87. The van der Waals surface area contributed by atoms with Crippen LogP contribution in [0.5, 0.6) is 0 Å². The molecule has 0 bridgehead atoms. The van der Waals surface area contributed by atoms with Gasteiger partial charge in [0.05, 0.1) is 0 Å². The van der Waals surface area contributed by atoms with E-state index in [1.54, 1.807) is 0 Å². The number of hydrogen-bond donors (Lipinski definition) is 1. The molecular formula is C14H22ClN3. The zero-order valence-electron chi connectivity index (χ0n) is 11.0. The highest BCUT2D eigenvalue weighted by Crippen LogP contribution is 2.23. The molecule has 3 nitrogen and oxygen atoms in total. The van der Waals surface area contributed by atoms with E-state index in [0.29, 0.717) is 0 Å². The maximum atomic E-state index is 6.21. The highest BCUT2D eigenvalue weighted by Gasteiger charge is 2.17. The SMILES string of the molecule is CCCN1CCN(Cc2c(N)cccc2Cl)CC1. The van der Waals surface area contributed by atoms with E-state index in [9.17, 15) is 0 Å². The Hall–Kier alpha value is -0.770. The average molecular weight is 268 g/mol. The Labute approximate surface area is 115 Å². The molecule has 0 spiro atoms. The van der Waals surface area contributed by atoms with Gasteiger partial charge in [-0.3, -0.25) is 4.90 Å². The Morgan fingerprint density at radius 2 is 1.83 bits per heavy atom. The van der Waals surface area contributed by atoms with E-state index in [1.807, 2.05) is 18.2 Å². The summed E-state index contributed by atoms with van der Waals surface area (Å²) in [6.45, 7) is 8.82. The zero-order valence-corrected chi connectivity index (χ0v) is 11.8. The molecular weight excluding hydrogens is 246 g/mol.